The van der Waals surface area contributed by atoms with Crippen LogP contribution < -0.4 is 5.48 Å². The Kier molecular flexibility index (Phi) is 57.7. The number of ether oxygens (including phenoxy) is 2. The molecule has 500 valence electrons. The highest BCUT2D eigenvalue weighted by molar-refractivity contribution is 8.13. The van der Waals surface area contributed by atoms with E-state index in [4.69, 9.17) is 74.3 Å². The van der Waals surface area contributed by atoms with Gasteiger partial charge in [-0.1, -0.05) is 53.7 Å². The minimum atomic E-state index is -3.42. The number of nitriles is 4. The van der Waals surface area contributed by atoms with Crippen molar-refractivity contribution in [2.45, 2.75) is 162 Å². The van der Waals surface area contributed by atoms with Crippen LogP contribution in [-0.4, -0.2) is 204 Å². The molecule has 0 aromatic rings. The van der Waals surface area contributed by atoms with Gasteiger partial charge in [-0.25, -0.2) is 18.0 Å². The Morgan fingerprint density at radius 2 is 1.31 bits per heavy atom. The maximum atomic E-state index is 11.3. The number of carbonyl (C=O) groups is 2. The monoisotopic (exact) mass is 1320 g/mol. The number of nitrogens with one attached hydrogen (secondary N) is 1. The van der Waals surface area contributed by atoms with Crippen molar-refractivity contribution in [1.29, 1.82) is 21.0 Å². The first-order valence-corrected chi connectivity index (χ1v) is 35.6. The number of aliphatic hydroxyl groups is 5. The number of unbranched alkanes of at least 4 members (excludes halogenated alkanes) is 1. The van der Waals surface area contributed by atoms with E-state index >= 15 is 0 Å². The van der Waals surface area contributed by atoms with Crippen LogP contribution in [0.3, 0.4) is 0 Å². The zero-order valence-corrected chi connectivity index (χ0v) is 57.5. The lowest BCUT2D eigenvalue weighted by Crippen LogP contribution is -2.43. The molecule has 28 nitrogen and oxygen atoms in total. The highest BCUT2D eigenvalue weighted by Gasteiger charge is 2.38. The first-order chi connectivity index (χ1) is 38.5. The zero-order chi connectivity index (χ0) is 68.5. The predicted molar refractivity (Wildman–Crippen MR) is 324 cm³/mol. The number of hydrogen-bond donors (Lipinski definition) is 6. The van der Waals surface area contributed by atoms with E-state index in [-0.39, 0.29) is 68.9 Å². The third-order valence-corrected chi connectivity index (χ3v) is 15.3. The molecule has 4 atom stereocenters. The lowest BCUT2D eigenvalue weighted by molar-refractivity contribution is -0.172. The average molecular weight is 1320 g/mol. The highest BCUT2D eigenvalue weighted by Crippen LogP contribution is 2.36. The smallest absolute Gasteiger partial charge is 0.427 e. The van der Waals surface area contributed by atoms with E-state index in [1.54, 1.807) is 59.7 Å². The van der Waals surface area contributed by atoms with E-state index in [1.807, 2.05) is 19.2 Å². The summed E-state index contributed by atoms with van der Waals surface area (Å²) in [6, 6.07) is 7.72. The van der Waals surface area contributed by atoms with Gasteiger partial charge in [-0.15, -0.1) is 5.06 Å². The second-order valence-corrected chi connectivity index (χ2v) is 32.7. The molecular formula is C52H102ClN7O21S3Si. The summed E-state index contributed by atoms with van der Waals surface area (Å²) in [4.78, 5) is 36.0. The number of nitrogens with zero attached hydrogens (tertiary/aromatic N) is 6. The van der Waals surface area contributed by atoms with Crippen molar-refractivity contribution >= 4 is 60.6 Å². The molecule has 1 aliphatic rings. The van der Waals surface area contributed by atoms with E-state index in [2.05, 4.69) is 85.2 Å². The van der Waals surface area contributed by atoms with Gasteiger partial charge < -0.3 is 49.1 Å². The van der Waals surface area contributed by atoms with Crippen molar-refractivity contribution in [2.75, 3.05) is 99.2 Å². The quantitative estimate of drug-likeness (QED) is 0.0168. The molecule has 0 aliphatic carbocycles. The number of carbonyl (C=O) groups excluding carboxylic acids is 2. The van der Waals surface area contributed by atoms with Gasteiger partial charge in [-0.3, -0.25) is 13.2 Å². The van der Waals surface area contributed by atoms with Gasteiger partial charge in [0.15, 0.2) is 8.32 Å². The maximum absolute atomic E-state index is 11.3. The Bertz CT molecular complexity index is 2310. The zero-order valence-electron chi connectivity index (χ0n) is 53.3. The third kappa shape index (κ3) is 81.9. The first-order valence-electron chi connectivity index (χ1n) is 26.4. The molecule has 1 saturated heterocycles. The van der Waals surface area contributed by atoms with Crippen LogP contribution in [0.2, 0.25) is 18.1 Å². The Labute approximate surface area is 513 Å². The van der Waals surface area contributed by atoms with Crippen LogP contribution in [-0.2, 0) is 66.1 Å². The Morgan fingerprint density at radius 3 is 1.62 bits per heavy atom. The second-order valence-electron chi connectivity index (χ2n) is 21.6. The predicted octanol–water partition coefficient (Wildman–Crippen LogP) is 6.10. The molecule has 4 unspecified atom stereocenters. The summed E-state index contributed by atoms with van der Waals surface area (Å²) in [7, 11) is -2.38. The number of hydroxylamine groups is 5. The van der Waals surface area contributed by atoms with Crippen molar-refractivity contribution < 1.29 is 97.2 Å². The first kappa shape index (κ1) is 94.5. The van der Waals surface area contributed by atoms with Crippen LogP contribution in [0.5, 0.6) is 0 Å². The van der Waals surface area contributed by atoms with Crippen molar-refractivity contribution in [1.82, 2.24) is 15.6 Å². The van der Waals surface area contributed by atoms with Gasteiger partial charge in [-0.2, -0.15) is 48.4 Å². The number of rotatable bonds is 23. The molecule has 1 rings (SSSR count). The van der Waals surface area contributed by atoms with Crippen LogP contribution in [0, 0.1) is 57.2 Å². The van der Waals surface area contributed by atoms with Crippen molar-refractivity contribution in [2.24, 2.45) is 11.8 Å². The van der Waals surface area contributed by atoms with Crippen molar-refractivity contribution in [3.8, 4) is 24.3 Å². The summed E-state index contributed by atoms with van der Waals surface area (Å²) in [5.74, 6) is -0.277. The molecule has 0 radical (unpaired) electrons. The molecule has 0 saturated carbocycles. The van der Waals surface area contributed by atoms with Gasteiger partial charge in [0, 0.05) is 75.7 Å². The van der Waals surface area contributed by atoms with E-state index in [0.717, 1.165) is 51.0 Å². The lowest BCUT2D eigenvalue weighted by atomic mass is 10.1. The molecule has 0 amide bonds. The van der Waals surface area contributed by atoms with Crippen LogP contribution in [0.25, 0.3) is 0 Å². The summed E-state index contributed by atoms with van der Waals surface area (Å²) in [5, 5.41) is 77.7. The molecule has 1 fully saturated rings. The molecule has 33 heteroatoms. The van der Waals surface area contributed by atoms with Gasteiger partial charge in [0.25, 0.3) is 20.2 Å². The Hall–Kier alpha value is -4.14. The van der Waals surface area contributed by atoms with Crippen molar-refractivity contribution in [3.63, 3.8) is 0 Å². The fourth-order valence-electron chi connectivity index (χ4n) is 4.27. The standard InChI is InChI=1S/C13H30O4SSi.C11H18N2O3.C6H10N2O.C6H9NO3S.C6H13NO3.C5H9NO2.C4H10O3.CH3ClO2S/c1-8-9-10-12(17-18(5,14)15)11-16-19(6,7)13(2,3)4;1-9(8-12)6-7-13(5)16-10(14)15-11(2,3)4;1-8-3-2-6(4-7)5-9-8;1-6(5-7)3-4-10-11(2,8)9;1-6(2,3)9-5(8)10-7-4;6-3-5(4-8)1-2-7;5-2-1-4(7)3-6;1-5(2,3)4/h12H,8-11H2,1-7H3;1,6-7H2,2-5H3;6H,2-3,5H2,1H3;1,3-4H2,2H3;7H,1-4H3;5,7-8H,1-2,4H2;4-7H,1-3H2;1H3. The summed E-state index contributed by atoms with van der Waals surface area (Å²) in [6.07, 6.45) is 5.37. The lowest BCUT2D eigenvalue weighted by Gasteiger charge is -2.37. The number of halogens is 1. The highest BCUT2D eigenvalue weighted by atomic mass is 35.7. The molecule has 0 spiro atoms. The third-order valence-electron chi connectivity index (χ3n) is 9.59. The molecule has 1 aliphatic heterocycles. The SMILES string of the molecule is C=C(C#N)CCN(C)OC(=O)OC(C)(C)C.C=C(C#N)CCOS(C)(=O)=O.CCCCC(CO[Si](C)(C)C(C)(C)C)OS(C)(=O)=O.CN1CCC(C#N)CO1.CNOC(=O)OC(C)(C)C.CS(=O)(=O)Cl.N#CC(CO)CCO.OCCC(O)CO. The normalized spacial score (nSPS) is 14.3. The fourth-order valence-corrected chi connectivity index (χ4v) is 6.34. The van der Waals surface area contributed by atoms with Gasteiger partial charge in [0.1, 0.15) is 11.2 Å². The summed E-state index contributed by atoms with van der Waals surface area (Å²) in [5.41, 5.74) is 1.91. The minimum Gasteiger partial charge on any atom is -0.427 e. The van der Waals surface area contributed by atoms with E-state index in [9.17, 15) is 34.8 Å². The largest absolute Gasteiger partial charge is 0.528 e. The second kappa shape index (κ2) is 51.9. The fraction of sp³-hybridized carbons (Fsp3) is 0.808. The Morgan fingerprint density at radius 1 is 0.824 bits per heavy atom. The van der Waals surface area contributed by atoms with E-state index in [1.165, 1.54) is 12.1 Å². The van der Waals surface area contributed by atoms with Gasteiger partial charge in [-0.05, 0) is 91.8 Å². The van der Waals surface area contributed by atoms with Crippen molar-refractivity contribution in [3.05, 3.63) is 24.3 Å². The topological polar surface area (TPSA) is 425 Å². The summed E-state index contributed by atoms with van der Waals surface area (Å²) in [6.45, 7) is 32.0. The van der Waals surface area contributed by atoms with Gasteiger partial charge in [0.2, 0.25) is 9.05 Å². The summed E-state index contributed by atoms with van der Waals surface area (Å²) >= 11 is 0. The molecule has 85 heavy (non-hydrogen) atoms. The molecular weight excluding hydrogens is 1220 g/mol. The van der Waals surface area contributed by atoms with Crippen LogP contribution in [0.4, 0.5) is 9.59 Å². The van der Waals surface area contributed by atoms with E-state index in [0.29, 0.717) is 43.7 Å². The summed E-state index contributed by atoms with van der Waals surface area (Å²) < 4.78 is 87.3. The van der Waals surface area contributed by atoms with E-state index < -0.39 is 67.2 Å². The Balaban J connectivity index is -0.000000169. The molecule has 1 heterocycles. The van der Waals surface area contributed by atoms with Crippen LogP contribution in [0.1, 0.15) is 121 Å². The van der Waals surface area contributed by atoms with Crippen LogP contribution >= 0.6 is 10.7 Å². The number of aliphatic hydroxyl groups excluding tert-OH is 5. The minimum absolute atomic E-state index is 0.00870. The molecule has 0 bridgehead atoms. The van der Waals surface area contributed by atoms with Gasteiger partial charge in [0.05, 0.1) is 100 Å². The molecule has 0 aromatic heterocycles. The maximum Gasteiger partial charge on any atom is 0.528 e. The average Bonchev–Trinajstić information content (AvgIpc) is 3.34. The molecule has 0 aromatic carbocycles. The number of hydrogen-bond acceptors (Lipinski definition) is 28. The molecule has 6 N–H and O–H groups in total. The van der Waals surface area contributed by atoms with Gasteiger partial charge >= 0.3 is 12.3 Å². The van der Waals surface area contributed by atoms with Crippen LogP contribution in [0.15, 0.2) is 24.3 Å².